The van der Waals surface area contributed by atoms with Crippen molar-refractivity contribution in [3.63, 3.8) is 0 Å². The van der Waals surface area contributed by atoms with Gasteiger partial charge < -0.3 is 14.8 Å². The Bertz CT molecular complexity index is 448. The quantitative estimate of drug-likeness (QED) is 0.890. The second-order valence-corrected chi connectivity index (χ2v) is 6.27. The van der Waals surface area contributed by atoms with Gasteiger partial charge in [0.25, 0.3) is 0 Å². The lowest BCUT2D eigenvalue weighted by molar-refractivity contribution is 0.297. The average Bonchev–Trinajstić information content (AvgIpc) is 2.61. The third-order valence-corrected chi connectivity index (χ3v) is 3.62. The number of ether oxygens (including phenoxy) is 2. The Morgan fingerprint density at radius 1 is 1.20 bits per heavy atom. The van der Waals surface area contributed by atoms with E-state index < -0.39 is 0 Å². The van der Waals surface area contributed by atoms with Gasteiger partial charge in [-0.05, 0) is 37.0 Å². The third-order valence-electron chi connectivity index (χ3n) is 3.34. The number of benzene rings is 1. The summed E-state index contributed by atoms with van der Waals surface area (Å²) in [5.41, 5.74) is 1.13. The molecule has 1 aromatic carbocycles. The van der Waals surface area contributed by atoms with Crippen molar-refractivity contribution in [2.75, 3.05) is 13.2 Å². The summed E-state index contributed by atoms with van der Waals surface area (Å²) in [5.74, 6) is 2.15. The summed E-state index contributed by atoms with van der Waals surface area (Å²) in [6.07, 6.45) is 2.06. The first-order valence-electron chi connectivity index (χ1n) is 7.37. The molecule has 0 bridgehead atoms. The van der Waals surface area contributed by atoms with E-state index in [-0.39, 0.29) is 0 Å². The monoisotopic (exact) mass is 297 g/mol. The molecule has 4 heteroatoms. The second kappa shape index (κ2) is 7.19. The van der Waals surface area contributed by atoms with Crippen molar-refractivity contribution >= 4 is 11.6 Å². The first-order chi connectivity index (χ1) is 9.56. The van der Waals surface area contributed by atoms with Crippen LogP contribution in [0.3, 0.4) is 0 Å². The first-order valence-corrected chi connectivity index (χ1v) is 7.75. The molecule has 112 valence electrons. The Morgan fingerprint density at radius 2 is 1.95 bits per heavy atom. The lowest BCUT2D eigenvalue weighted by Crippen LogP contribution is -2.26. The van der Waals surface area contributed by atoms with Crippen LogP contribution in [-0.4, -0.2) is 19.3 Å². The molecule has 1 N–H and O–H groups in total. The molecule has 0 fully saturated rings. The Morgan fingerprint density at radius 3 is 2.70 bits per heavy atom. The third kappa shape index (κ3) is 4.29. The lowest BCUT2D eigenvalue weighted by Gasteiger charge is -2.17. The summed E-state index contributed by atoms with van der Waals surface area (Å²) in [4.78, 5) is 0. The van der Waals surface area contributed by atoms with E-state index in [0.29, 0.717) is 35.9 Å². The summed E-state index contributed by atoms with van der Waals surface area (Å²) < 4.78 is 11.3. The highest BCUT2D eigenvalue weighted by atomic mass is 35.5. The first kappa shape index (κ1) is 15.5. The van der Waals surface area contributed by atoms with Crippen molar-refractivity contribution in [1.29, 1.82) is 0 Å². The molecule has 20 heavy (non-hydrogen) atoms. The predicted molar refractivity (Wildman–Crippen MR) is 82.8 cm³/mol. The normalized spacial score (nSPS) is 16.1. The Labute approximate surface area is 126 Å². The number of nitrogens with one attached hydrogen (secondary N) is 1. The maximum atomic E-state index is 6.29. The van der Waals surface area contributed by atoms with Gasteiger partial charge in [-0.2, -0.15) is 0 Å². The van der Waals surface area contributed by atoms with Gasteiger partial charge in [-0.15, -0.1) is 0 Å². The highest BCUT2D eigenvalue weighted by Gasteiger charge is 2.15. The maximum Gasteiger partial charge on any atom is 0.179 e. The molecule has 0 amide bonds. The summed E-state index contributed by atoms with van der Waals surface area (Å²) in [6.45, 7) is 8.83. The van der Waals surface area contributed by atoms with Crippen LogP contribution in [0.5, 0.6) is 11.5 Å². The fourth-order valence-electron chi connectivity index (χ4n) is 2.47. The maximum absolute atomic E-state index is 6.29. The molecule has 1 atom stereocenters. The van der Waals surface area contributed by atoms with Crippen LogP contribution in [0.4, 0.5) is 0 Å². The van der Waals surface area contributed by atoms with Gasteiger partial charge >= 0.3 is 0 Å². The molecule has 1 unspecified atom stereocenters. The van der Waals surface area contributed by atoms with Crippen molar-refractivity contribution < 1.29 is 9.47 Å². The van der Waals surface area contributed by atoms with Gasteiger partial charge in [0.15, 0.2) is 11.5 Å². The van der Waals surface area contributed by atoms with Gasteiger partial charge in [0.1, 0.15) is 0 Å². The van der Waals surface area contributed by atoms with Crippen LogP contribution in [0.15, 0.2) is 12.1 Å². The van der Waals surface area contributed by atoms with Crippen LogP contribution in [0.2, 0.25) is 5.02 Å². The topological polar surface area (TPSA) is 30.5 Å². The molecule has 3 nitrogen and oxygen atoms in total. The number of fused-ring (bicyclic) bond motifs is 1. The SMILES string of the molecule is CC(C)CC(C)NCc1cc(Cl)c2c(c1)OCCCO2. The highest BCUT2D eigenvalue weighted by molar-refractivity contribution is 6.32. The Balaban J connectivity index is 2.02. The van der Waals surface area contributed by atoms with Crippen LogP contribution < -0.4 is 14.8 Å². The van der Waals surface area contributed by atoms with Gasteiger partial charge in [-0.3, -0.25) is 0 Å². The zero-order valence-corrected chi connectivity index (χ0v) is 13.3. The smallest absolute Gasteiger partial charge is 0.179 e. The fourth-order valence-corrected chi connectivity index (χ4v) is 2.76. The Kier molecular flexibility index (Phi) is 5.55. The van der Waals surface area contributed by atoms with E-state index >= 15 is 0 Å². The molecule has 0 spiro atoms. The van der Waals surface area contributed by atoms with E-state index in [1.54, 1.807) is 0 Å². The van der Waals surface area contributed by atoms with Crippen molar-refractivity contribution in [3.8, 4) is 11.5 Å². The molecule has 1 heterocycles. The van der Waals surface area contributed by atoms with Crippen LogP contribution in [0.1, 0.15) is 39.2 Å². The zero-order chi connectivity index (χ0) is 14.5. The van der Waals surface area contributed by atoms with Gasteiger partial charge in [0.05, 0.1) is 18.2 Å². The molecule has 0 radical (unpaired) electrons. The molecule has 0 saturated heterocycles. The predicted octanol–water partition coefficient (Wildman–Crippen LogP) is 4.03. The van der Waals surface area contributed by atoms with E-state index in [4.69, 9.17) is 21.1 Å². The van der Waals surface area contributed by atoms with E-state index in [9.17, 15) is 0 Å². The largest absolute Gasteiger partial charge is 0.489 e. The number of halogens is 1. The summed E-state index contributed by atoms with van der Waals surface area (Å²) in [6, 6.07) is 4.48. The van der Waals surface area contributed by atoms with Crippen LogP contribution in [0.25, 0.3) is 0 Å². The molecule has 2 rings (SSSR count). The number of hydrogen-bond acceptors (Lipinski definition) is 3. The molecule has 1 aliphatic rings. The van der Waals surface area contributed by atoms with E-state index in [1.165, 1.54) is 0 Å². The van der Waals surface area contributed by atoms with E-state index in [0.717, 1.165) is 30.7 Å². The average molecular weight is 298 g/mol. The number of hydrogen-bond donors (Lipinski definition) is 1. The molecule has 1 aromatic rings. The molecule has 0 aliphatic carbocycles. The van der Waals surface area contributed by atoms with E-state index in [2.05, 4.69) is 26.1 Å². The molecule has 0 saturated carbocycles. The number of rotatable bonds is 5. The van der Waals surface area contributed by atoms with Gasteiger partial charge in [0, 0.05) is 19.0 Å². The summed E-state index contributed by atoms with van der Waals surface area (Å²) >= 11 is 6.29. The van der Waals surface area contributed by atoms with E-state index in [1.807, 2.05) is 12.1 Å². The summed E-state index contributed by atoms with van der Waals surface area (Å²) in [7, 11) is 0. The van der Waals surface area contributed by atoms with Crippen LogP contribution in [0, 0.1) is 5.92 Å². The molecular weight excluding hydrogens is 274 g/mol. The molecule has 1 aliphatic heterocycles. The standard InChI is InChI=1S/C16H24ClNO2/c1-11(2)7-12(3)18-10-13-8-14(17)16-15(9-13)19-5-4-6-20-16/h8-9,11-12,18H,4-7,10H2,1-3H3. The van der Waals surface area contributed by atoms with Crippen LogP contribution in [-0.2, 0) is 6.54 Å². The molecule has 0 aromatic heterocycles. The van der Waals surface area contributed by atoms with Crippen molar-refractivity contribution in [2.45, 2.75) is 46.2 Å². The minimum atomic E-state index is 0.491. The summed E-state index contributed by atoms with van der Waals surface area (Å²) in [5, 5.41) is 4.16. The minimum absolute atomic E-state index is 0.491. The van der Waals surface area contributed by atoms with Gasteiger partial charge in [-0.25, -0.2) is 0 Å². The minimum Gasteiger partial charge on any atom is -0.489 e. The second-order valence-electron chi connectivity index (χ2n) is 5.87. The van der Waals surface area contributed by atoms with Crippen molar-refractivity contribution in [2.24, 2.45) is 5.92 Å². The van der Waals surface area contributed by atoms with Crippen molar-refractivity contribution in [3.05, 3.63) is 22.7 Å². The van der Waals surface area contributed by atoms with Gasteiger partial charge in [0.2, 0.25) is 0 Å². The zero-order valence-electron chi connectivity index (χ0n) is 12.5. The molecular formula is C16H24ClNO2. The Hall–Kier alpha value is -0.930. The van der Waals surface area contributed by atoms with Gasteiger partial charge in [-0.1, -0.05) is 25.4 Å². The van der Waals surface area contributed by atoms with Crippen LogP contribution >= 0.6 is 11.6 Å². The lowest BCUT2D eigenvalue weighted by atomic mass is 10.0. The van der Waals surface area contributed by atoms with Crippen molar-refractivity contribution in [1.82, 2.24) is 5.32 Å². The fraction of sp³-hybridized carbons (Fsp3) is 0.625. The highest BCUT2D eigenvalue weighted by Crippen LogP contribution is 2.37.